The summed E-state index contributed by atoms with van der Waals surface area (Å²) in [6.45, 7) is 0. The van der Waals surface area contributed by atoms with Crippen LogP contribution < -0.4 is 0 Å². The minimum absolute atomic E-state index is 0.0334. The molecule has 0 aliphatic carbocycles. The van der Waals surface area contributed by atoms with Crippen LogP contribution in [0.5, 0.6) is 5.75 Å². The number of hydrogen-bond donors (Lipinski definition) is 1. The Kier molecular flexibility index (Phi) is 3.94. The average molecular weight is 309 g/mol. The summed E-state index contributed by atoms with van der Waals surface area (Å²) >= 11 is 5.83. The van der Waals surface area contributed by atoms with Crippen molar-refractivity contribution in [1.82, 2.24) is 0 Å². The van der Waals surface area contributed by atoms with Gasteiger partial charge in [-0.1, -0.05) is 48.0 Å². The van der Waals surface area contributed by atoms with Crippen LogP contribution in [0.15, 0.2) is 72.8 Å². The van der Waals surface area contributed by atoms with E-state index in [1.54, 1.807) is 48.5 Å². The van der Waals surface area contributed by atoms with E-state index in [9.17, 15) is 9.90 Å². The Hall–Kier alpha value is -2.58. The van der Waals surface area contributed by atoms with Crippen molar-refractivity contribution in [1.29, 1.82) is 0 Å². The highest BCUT2D eigenvalue weighted by molar-refractivity contribution is 6.30. The molecule has 0 aliphatic heterocycles. The lowest BCUT2D eigenvalue weighted by molar-refractivity contribution is 0.103. The second-order valence-corrected chi connectivity index (χ2v) is 5.40. The highest BCUT2D eigenvalue weighted by Crippen LogP contribution is 2.23. The SMILES string of the molecule is O=C(c1ccc(Cl)cc1)c1ccc(-c2ccc(O)cc2)cc1. The Morgan fingerprint density at radius 1 is 0.682 bits per heavy atom. The minimum Gasteiger partial charge on any atom is -0.508 e. The first-order valence-corrected chi connectivity index (χ1v) is 7.21. The Morgan fingerprint density at radius 3 is 1.59 bits per heavy atom. The molecule has 0 spiro atoms. The Morgan fingerprint density at radius 2 is 1.09 bits per heavy atom. The molecule has 3 rings (SSSR count). The number of phenolic OH excluding ortho intramolecular Hbond substituents is 1. The molecule has 0 atom stereocenters. The molecule has 3 aromatic rings. The van der Waals surface area contributed by atoms with Gasteiger partial charge in [0.05, 0.1) is 0 Å². The molecule has 0 radical (unpaired) electrons. The summed E-state index contributed by atoms with van der Waals surface area (Å²) in [5.74, 6) is 0.201. The van der Waals surface area contributed by atoms with Crippen LogP contribution in [0.4, 0.5) is 0 Å². The third kappa shape index (κ3) is 3.02. The average Bonchev–Trinajstić information content (AvgIpc) is 2.56. The molecule has 3 heteroatoms. The number of hydrogen-bond acceptors (Lipinski definition) is 2. The summed E-state index contributed by atoms with van der Waals surface area (Å²) in [7, 11) is 0. The molecular weight excluding hydrogens is 296 g/mol. The summed E-state index contributed by atoms with van der Waals surface area (Å²) in [6, 6.07) is 21.2. The lowest BCUT2D eigenvalue weighted by atomic mass is 9.99. The maximum atomic E-state index is 12.4. The number of ketones is 1. The molecule has 0 saturated heterocycles. The quantitative estimate of drug-likeness (QED) is 0.696. The first-order chi connectivity index (χ1) is 10.6. The van der Waals surface area contributed by atoms with Crippen molar-refractivity contribution >= 4 is 17.4 Å². The van der Waals surface area contributed by atoms with Crippen LogP contribution in [0.3, 0.4) is 0 Å². The number of carbonyl (C=O) groups excluding carboxylic acids is 1. The molecular formula is C19H13ClO2. The summed E-state index contributed by atoms with van der Waals surface area (Å²) in [5.41, 5.74) is 3.22. The fourth-order valence-corrected chi connectivity index (χ4v) is 2.36. The van der Waals surface area contributed by atoms with E-state index in [1.807, 2.05) is 24.3 Å². The summed E-state index contributed by atoms with van der Waals surface area (Å²) in [4.78, 5) is 12.4. The van der Waals surface area contributed by atoms with Gasteiger partial charge >= 0.3 is 0 Å². The predicted molar refractivity (Wildman–Crippen MR) is 88.4 cm³/mol. The normalized spacial score (nSPS) is 10.4. The van der Waals surface area contributed by atoms with Gasteiger partial charge < -0.3 is 5.11 Å². The Labute approximate surface area is 133 Å². The van der Waals surface area contributed by atoms with Gasteiger partial charge in [0.15, 0.2) is 5.78 Å². The Bertz CT molecular complexity index is 788. The van der Waals surface area contributed by atoms with E-state index in [0.717, 1.165) is 11.1 Å². The molecule has 0 unspecified atom stereocenters. The zero-order valence-corrected chi connectivity index (χ0v) is 12.4. The molecule has 3 aromatic carbocycles. The van der Waals surface area contributed by atoms with Crippen molar-refractivity contribution in [2.75, 3.05) is 0 Å². The van der Waals surface area contributed by atoms with E-state index >= 15 is 0 Å². The van der Waals surface area contributed by atoms with Crippen molar-refractivity contribution < 1.29 is 9.90 Å². The summed E-state index contributed by atoms with van der Waals surface area (Å²) in [6.07, 6.45) is 0. The van der Waals surface area contributed by atoms with Gasteiger partial charge in [-0.2, -0.15) is 0 Å². The van der Waals surface area contributed by atoms with Crippen LogP contribution in [0.25, 0.3) is 11.1 Å². The van der Waals surface area contributed by atoms with Crippen molar-refractivity contribution in [2.45, 2.75) is 0 Å². The summed E-state index contributed by atoms with van der Waals surface area (Å²) in [5, 5.41) is 9.92. The van der Waals surface area contributed by atoms with Crippen LogP contribution in [0.2, 0.25) is 5.02 Å². The molecule has 0 saturated carbocycles. The maximum absolute atomic E-state index is 12.4. The third-order valence-corrected chi connectivity index (χ3v) is 3.71. The molecule has 2 nitrogen and oxygen atoms in total. The van der Waals surface area contributed by atoms with E-state index in [1.165, 1.54) is 0 Å². The van der Waals surface area contributed by atoms with Crippen molar-refractivity contribution in [3.63, 3.8) is 0 Å². The standard InChI is InChI=1S/C19H13ClO2/c20-17-9-5-16(6-10-17)19(22)15-3-1-13(2-4-15)14-7-11-18(21)12-8-14/h1-12,21H. The van der Waals surface area contributed by atoms with Crippen LogP contribution in [-0.2, 0) is 0 Å². The van der Waals surface area contributed by atoms with Crippen LogP contribution in [-0.4, -0.2) is 10.9 Å². The van der Waals surface area contributed by atoms with Gasteiger partial charge in [-0.3, -0.25) is 4.79 Å². The zero-order valence-electron chi connectivity index (χ0n) is 11.7. The second kappa shape index (κ2) is 6.04. The van der Waals surface area contributed by atoms with Gasteiger partial charge in [-0.25, -0.2) is 0 Å². The lowest BCUT2D eigenvalue weighted by Gasteiger charge is -2.05. The third-order valence-electron chi connectivity index (χ3n) is 3.45. The van der Waals surface area contributed by atoms with E-state index < -0.39 is 0 Å². The first kappa shape index (κ1) is 14.4. The zero-order chi connectivity index (χ0) is 15.5. The molecule has 0 aromatic heterocycles. The van der Waals surface area contributed by atoms with Gasteiger partial charge in [-0.05, 0) is 47.5 Å². The van der Waals surface area contributed by atoms with Crippen LogP contribution in [0, 0.1) is 0 Å². The smallest absolute Gasteiger partial charge is 0.193 e. The molecule has 0 bridgehead atoms. The fraction of sp³-hybridized carbons (Fsp3) is 0. The van der Waals surface area contributed by atoms with Crippen molar-refractivity contribution in [2.24, 2.45) is 0 Å². The van der Waals surface area contributed by atoms with Gasteiger partial charge in [0.25, 0.3) is 0 Å². The molecule has 0 fully saturated rings. The van der Waals surface area contributed by atoms with Gasteiger partial charge in [-0.15, -0.1) is 0 Å². The van der Waals surface area contributed by atoms with E-state index in [4.69, 9.17) is 11.6 Å². The highest BCUT2D eigenvalue weighted by atomic mass is 35.5. The largest absolute Gasteiger partial charge is 0.508 e. The van der Waals surface area contributed by atoms with Gasteiger partial charge in [0.1, 0.15) is 5.75 Å². The van der Waals surface area contributed by atoms with E-state index in [0.29, 0.717) is 16.1 Å². The molecule has 108 valence electrons. The Balaban J connectivity index is 1.86. The number of carbonyl (C=O) groups is 1. The number of benzene rings is 3. The topological polar surface area (TPSA) is 37.3 Å². The molecule has 1 N–H and O–H groups in total. The second-order valence-electron chi connectivity index (χ2n) is 4.96. The molecule has 22 heavy (non-hydrogen) atoms. The maximum Gasteiger partial charge on any atom is 0.193 e. The monoisotopic (exact) mass is 308 g/mol. The first-order valence-electron chi connectivity index (χ1n) is 6.83. The van der Waals surface area contributed by atoms with Crippen molar-refractivity contribution in [3.8, 4) is 16.9 Å². The van der Waals surface area contributed by atoms with Crippen molar-refractivity contribution in [3.05, 3.63) is 88.9 Å². The minimum atomic E-state index is -0.0334. The molecule has 0 heterocycles. The fourth-order valence-electron chi connectivity index (χ4n) is 2.24. The highest BCUT2D eigenvalue weighted by Gasteiger charge is 2.09. The van der Waals surface area contributed by atoms with E-state index in [-0.39, 0.29) is 11.5 Å². The van der Waals surface area contributed by atoms with E-state index in [2.05, 4.69) is 0 Å². The lowest BCUT2D eigenvalue weighted by Crippen LogP contribution is -2.00. The number of phenols is 1. The van der Waals surface area contributed by atoms with Crippen LogP contribution >= 0.6 is 11.6 Å². The van der Waals surface area contributed by atoms with Gasteiger partial charge in [0.2, 0.25) is 0 Å². The number of aromatic hydroxyl groups is 1. The van der Waals surface area contributed by atoms with Crippen LogP contribution in [0.1, 0.15) is 15.9 Å². The number of rotatable bonds is 3. The molecule has 0 aliphatic rings. The number of halogens is 1. The summed E-state index contributed by atoms with van der Waals surface area (Å²) < 4.78 is 0. The van der Waals surface area contributed by atoms with Gasteiger partial charge in [0, 0.05) is 16.1 Å². The molecule has 0 amide bonds. The predicted octanol–water partition coefficient (Wildman–Crippen LogP) is 4.94.